The van der Waals surface area contributed by atoms with Crippen molar-refractivity contribution in [2.45, 2.75) is 17.2 Å². The van der Waals surface area contributed by atoms with Crippen LogP contribution in [0.2, 0.25) is 5.02 Å². The Balaban J connectivity index is 1.99. The summed E-state index contributed by atoms with van der Waals surface area (Å²) in [6.45, 7) is -0.527. The van der Waals surface area contributed by atoms with Gasteiger partial charge in [-0.25, -0.2) is 8.42 Å². The second kappa shape index (κ2) is 7.22. The van der Waals surface area contributed by atoms with E-state index in [1.807, 2.05) is 0 Å². The molecule has 0 unspecified atom stereocenters. The molecule has 1 aromatic carbocycles. The molecule has 1 heterocycles. The minimum Gasteiger partial charge on any atom is -0.474 e. The molecule has 25 heavy (non-hydrogen) atoms. The fourth-order valence-corrected chi connectivity index (χ4v) is 3.47. The van der Waals surface area contributed by atoms with Crippen molar-refractivity contribution in [3.05, 3.63) is 41.0 Å². The second-order valence-electron chi connectivity index (χ2n) is 5.19. The van der Waals surface area contributed by atoms with Gasteiger partial charge in [0.1, 0.15) is 18.4 Å². The fourth-order valence-electron chi connectivity index (χ4n) is 2.00. The third kappa shape index (κ3) is 5.10. The van der Waals surface area contributed by atoms with Crippen LogP contribution in [0.1, 0.15) is 5.69 Å². The summed E-state index contributed by atoms with van der Waals surface area (Å²) in [5, 5.41) is 13.7. The Morgan fingerprint density at radius 3 is 2.44 bits per heavy atom. The highest BCUT2D eigenvalue weighted by molar-refractivity contribution is 7.91. The number of hydrogen-bond acceptors (Lipinski definition) is 5. The van der Waals surface area contributed by atoms with Gasteiger partial charge >= 0.3 is 6.18 Å². The van der Waals surface area contributed by atoms with E-state index in [-0.39, 0.29) is 10.8 Å². The zero-order valence-corrected chi connectivity index (χ0v) is 14.4. The fraction of sp³-hybridized carbons (Fsp3) is 0.357. The molecule has 0 radical (unpaired) electrons. The Kier molecular flexibility index (Phi) is 5.65. The number of ether oxygens (including phenoxy) is 1. The van der Waals surface area contributed by atoms with Crippen LogP contribution in [0.25, 0.3) is 0 Å². The standard InChI is InChI=1S/C14H14ClF3N2O4S/c1-20-12(14(16,17)18)6-13(19-20)24-7-10(21)8-25(22,23)11-4-2-9(15)3-5-11/h2-6,10,21H,7-8H2,1H3/t10-/m1/s1. The van der Waals surface area contributed by atoms with E-state index in [0.717, 1.165) is 7.05 Å². The van der Waals surface area contributed by atoms with E-state index in [4.69, 9.17) is 16.3 Å². The lowest BCUT2D eigenvalue weighted by atomic mass is 10.4. The summed E-state index contributed by atoms with van der Waals surface area (Å²) in [4.78, 5) is -0.0341. The van der Waals surface area contributed by atoms with Gasteiger partial charge in [-0.15, -0.1) is 5.10 Å². The smallest absolute Gasteiger partial charge is 0.433 e. The SMILES string of the molecule is Cn1nc(OC[C@@H](O)CS(=O)(=O)c2ccc(Cl)cc2)cc1C(F)(F)F. The quantitative estimate of drug-likeness (QED) is 0.807. The Labute approximate surface area is 146 Å². The van der Waals surface area contributed by atoms with Crippen molar-refractivity contribution in [1.29, 1.82) is 0 Å². The van der Waals surface area contributed by atoms with Crippen molar-refractivity contribution in [1.82, 2.24) is 9.78 Å². The topological polar surface area (TPSA) is 81.4 Å². The molecule has 1 atom stereocenters. The zero-order valence-electron chi connectivity index (χ0n) is 12.9. The van der Waals surface area contributed by atoms with Crippen LogP contribution in [-0.2, 0) is 23.1 Å². The molecule has 0 aliphatic heterocycles. The third-order valence-electron chi connectivity index (χ3n) is 3.16. The van der Waals surface area contributed by atoms with E-state index < -0.39 is 40.2 Å². The molecule has 6 nitrogen and oxygen atoms in total. The van der Waals surface area contributed by atoms with Gasteiger partial charge in [-0.05, 0) is 24.3 Å². The number of aliphatic hydroxyl groups is 1. The number of nitrogens with zero attached hydrogens (tertiary/aromatic N) is 2. The van der Waals surface area contributed by atoms with Gasteiger partial charge in [-0.3, -0.25) is 4.68 Å². The lowest BCUT2D eigenvalue weighted by Gasteiger charge is -2.11. The van der Waals surface area contributed by atoms with Crippen LogP contribution >= 0.6 is 11.6 Å². The van der Waals surface area contributed by atoms with Crippen molar-refractivity contribution in [3.8, 4) is 5.88 Å². The molecule has 0 bridgehead atoms. The van der Waals surface area contributed by atoms with Crippen molar-refractivity contribution < 1.29 is 31.4 Å². The molecule has 138 valence electrons. The molecule has 0 amide bonds. The highest BCUT2D eigenvalue weighted by atomic mass is 35.5. The molecule has 1 aromatic heterocycles. The van der Waals surface area contributed by atoms with Crippen LogP contribution in [0.3, 0.4) is 0 Å². The van der Waals surface area contributed by atoms with Gasteiger partial charge < -0.3 is 9.84 Å². The molecule has 0 saturated heterocycles. The van der Waals surface area contributed by atoms with Crippen molar-refractivity contribution >= 4 is 21.4 Å². The van der Waals surface area contributed by atoms with Crippen LogP contribution in [-0.4, -0.2) is 41.8 Å². The molecule has 1 N–H and O–H groups in total. The lowest BCUT2D eigenvalue weighted by Crippen LogP contribution is -2.27. The Morgan fingerprint density at radius 1 is 1.32 bits per heavy atom. The van der Waals surface area contributed by atoms with E-state index in [9.17, 15) is 26.7 Å². The zero-order chi connectivity index (χ0) is 18.8. The first kappa shape index (κ1) is 19.5. The van der Waals surface area contributed by atoms with Crippen LogP contribution in [0, 0.1) is 0 Å². The van der Waals surface area contributed by atoms with Gasteiger partial charge in [0.2, 0.25) is 5.88 Å². The number of aryl methyl sites for hydroxylation is 1. The van der Waals surface area contributed by atoms with E-state index in [2.05, 4.69) is 5.10 Å². The van der Waals surface area contributed by atoms with E-state index >= 15 is 0 Å². The van der Waals surface area contributed by atoms with Crippen LogP contribution in [0.5, 0.6) is 5.88 Å². The summed E-state index contributed by atoms with van der Waals surface area (Å²) in [7, 11) is -2.71. The highest BCUT2D eigenvalue weighted by Gasteiger charge is 2.35. The van der Waals surface area contributed by atoms with Gasteiger partial charge in [-0.1, -0.05) is 11.6 Å². The first-order valence-electron chi connectivity index (χ1n) is 6.89. The monoisotopic (exact) mass is 398 g/mol. The largest absolute Gasteiger partial charge is 0.474 e. The van der Waals surface area contributed by atoms with Gasteiger partial charge in [0.05, 0.1) is 10.6 Å². The Bertz CT molecular complexity index is 835. The molecule has 0 aliphatic rings. The summed E-state index contributed by atoms with van der Waals surface area (Å²) in [6, 6.07) is 6.04. The first-order chi connectivity index (χ1) is 11.5. The predicted octanol–water partition coefficient (Wildman–Crippen LogP) is 2.31. The molecule has 0 spiro atoms. The molecule has 0 aliphatic carbocycles. The number of aliphatic hydroxyl groups excluding tert-OH is 1. The van der Waals surface area contributed by atoms with Crippen molar-refractivity contribution in [2.24, 2.45) is 7.05 Å². The Hall–Kier alpha value is -1.78. The number of rotatable bonds is 6. The maximum atomic E-state index is 12.6. The number of sulfone groups is 1. The van der Waals surface area contributed by atoms with E-state index in [0.29, 0.717) is 15.8 Å². The highest BCUT2D eigenvalue weighted by Crippen LogP contribution is 2.31. The van der Waals surface area contributed by atoms with E-state index in [1.54, 1.807) is 0 Å². The summed E-state index contributed by atoms with van der Waals surface area (Å²) < 4.78 is 67.7. The van der Waals surface area contributed by atoms with Gasteiger partial charge in [0, 0.05) is 18.1 Å². The number of alkyl halides is 3. The number of aromatic nitrogens is 2. The number of halogens is 4. The second-order valence-corrected chi connectivity index (χ2v) is 7.66. The average molecular weight is 399 g/mol. The molecule has 0 fully saturated rings. The van der Waals surface area contributed by atoms with Gasteiger partial charge in [0.25, 0.3) is 0 Å². The van der Waals surface area contributed by atoms with Gasteiger partial charge in [-0.2, -0.15) is 13.2 Å². The average Bonchev–Trinajstić information content (AvgIpc) is 2.86. The van der Waals surface area contributed by atoms with E-state index in [1.165, 1.54) is 24.3 Å². The minimum atomic E-state index is -4.60. The number of benzene rings is 1. The van der Waals surface area contributed by atoms with Crippen molar-refractivity contribution in [3.63, 3.8) is 0 Å². The third-order valence-corrected chi connectivity index (χ3v) is 5.22. The summed E-state index contributed by atoms with van der Waals surface area (Å²) >= 11 is 5.68. The van der Waals surface area contributed by atoms with Crippen LogP contribution in [0.15, 0.2) is 35.2 Å². The van der Waals surface area contributed by atoms with Gasteiger partial charge in [0.15, 0.2) is 9.84 Å². The molecule has 2 rings (SSSR count). The molecule has 11 heteroatoms. The molecular weight excluding hydrogens is 385 g/mol. The summed E-state index contributed by atoms with van der Waals surface area (Å²) in [5.41, 5.74) is -1.02. The maximum Gasteiger partial charge on any atom is 0.433 e. The normalized spacial score (nSPS) is 13.7. The predicted molar refractivity (Wildman–Crippen MR) is 83.2 cm³/mol. The van der Waals surface area contributed by atoms with Crippen LogP contribution in [0.4, 0.5) is 13.2 Å². The maximum absolute atomic E-state index is 12.6. The molecule has 0 saturated carbocycles. The van der Waals surface area contributed by atoms with Crippen molar-refractivity contribution in [2.75, 3.05) is 12.4 Å². The summed E-state index contributed by atoms with van der Waals surface area (Å²) in [6.07, 6.45) is -6.04. The molecular formula is C14H14ClF3N2O4S. The van der Waals surface area contributed by atoms with Crippen LogP contribution < -0.4 is 4.74 Å². The number of hydrogen-bond donors (Lipinski definition) is 1. The lowest BCUT2D eigenvalue weighted by molar-refractivity contribution is -0.143. The first-order valence-corrected chi connectivity index (χ1v) is 8.92. The Morgan fingerprint density at radius 2 is 1.92 bits per heavy atom. The summed E-state index contributed by atoms with van der Waals surface area (Å²) in [5.74, 6) is -1.02. The molecule has 2 aromatic rings. The minimum absolute atomic E-state index is 0.0341.